The van der Waals surface area contributed by atoms with Crippen LogP contribution in [0.25, 0.3) is 0 Å². The summed E-state index contributed by atoms with van der Waals surface area (Å²) < 4.78 is 36.2. The van der Waals surface area contributed by atoms with Crippen molar-refractivity contribution in [2.75, 3.05) is 32.8 Å². The van der Waals surface area contributed by atoms with E-state index >= 15 is 0 Å². The molecule has 2 atom stereocenters. The Morgan fingerprint density at radius 1 is 1.19 bits per heavy atom. The molecule has 27 heavy (non-hydrogen) atoms. The van der Waals surface area contributed by atoms with Crippen molar-refractivity contribution in [3.8, 4) is 0 Å². The Morgan fingerprint density at radius 2 is 1.93 bits per heavy atom. The van der Waals surface area contributed by atoms with Crippen molar-refractivity contribution in [2.24, 2.45) is 7.05 Å². The Hall–Kier alpha value is -0.670. The molecular formula is C18H29ClN4O3S. The van der Waals surface area contributed by atoms with Crippen molar-refractivity contribution < 1.29 is 13.2 Å². The maximum Gasteiger partial charge on any atom is 0.248 e. The fraction of sp³-hybridized carbons (Fsp3) is 0.833. The average Bonchev–Trinajstić information content (AvgIpc) is 3.24. The molecule has 1 aromatic rings. The predicted octanol–water partition coefficient (Wildman–Crippen LogP) is 2.18. The summed E-state index contributed by atoms with van der Waals surface area (Å²) in [6.45, 7) is 5.08. The maximum absolute atomic E-state index is 13.4. The number of aryl methyl sites for hydroxylation is 2. The van der Waals surface area contributed by atoms with Crippen LogP contribution in [0.1, 0.15) is 44.2 Å². The zero-order chi connectivity index (χ0) is 19.2. The van der Waals surface area contributed by atoms with E-state index in [9.17, 15) is 8.42 Å². The third-order valence-electron chi connectivity index (χ3n) is 6.39. The van der Waals surface area contributed by atoms with Gasteiger partial charge in [-0.05, 0) is 45.7 Å². The Morgan fingerprint density at radius 3 is 2.59 bits per heavy atom. The lowest BCUT2D eigenvalue weighted by molar-refractivity contribution is -0.149. The van der Waals surface area contributed by atoms with Gasteiger partial charge < -0.3 is 4.74 Å². The number of rotatable bonds is 3. The number of morpholine rings is 1. The molecule has 7 nitrogen and oxygen atoms in total. The van der Waals surface area contributed by atoms with Crippen LogP contribution in [0.3, 0.4) is 0 Å². The first-order valence-electron chi connectivity index (χ1n) is 9.92. The van der Waals surface area contributed by atoms with Crippen LogP contribution in [0.2, 0.25) is 5.15 Å². The van der Waals surface area contributed by atoms with E-state index in [0.29, 0.717) is 31.4 Å². The molecule has 0 radical (unpaired) electrons. The molecule has 0 amide bonds. The largest absolute Gasteiger partial charge is 0.371 e. The fourth-order valence-corrected chi connectivity index (χ4v) is 7.31. The smallest absolute Gasteiger partial charge is 0.248 e. The highest BCUT2D eigenvalue weighted by molar-refractivity contribution is 7.89. The van der Waals surface area contributed by atoms with Gasteiger partial charge in [0, 0.05) is 26.2 Å². The predicted molar refractivity (Wildman–Crippen MR) is 103 cm³/mol. The van der Waals surface area contributed by atoms with Gasteiger partial charge in [0.15, 0.2) is 0 Å². The second kappa shape index (κ2) is 7.30. The van der Waals surface area contributed by atoms with E-state index in [0.717, 1.165) is 32.4 Å². The molecule has 152 valence electrons. The summed E-state index contributed by atoms with van der Waals surface area (Å²) in [6.07, 6.45) is 6.72. The van der Waals surface area contributed by atoms with Gasteiger partial charge >= 0.3 is 0 Å². The van der Waals surface area contributed by atoms with E-state index in [2.05, 4.69) is 10.00 Å². The van der Waals surface area contributed by atoms with Crippen LogP contribution in [-0.4, -0.2) is 71.8 Å². The minimum absolute atomic E-state index is 0.136. The zero-order valence-electron chi connectivity index (χ0n) is 16.2. The zero-order valence-corrected chi connectivity index (χ0v) is 17.7. The monoisotopic (exact) mass is 416 g/mol. The summed E-state index contributed by atoms with van der Waals surface area (Å²) in [7, 11) is -2.04. The lowest BCUT2D eigenvalue weighted by Gasteiger charge is -2.51. The molecule has 3 aliphatic rings. The number of nitrogens with zero attached hydrogens (tertiary/aromatic N) is 4. The molecular weight excluding hydrogens is 388 g/mol. The van der Waals surface area contributed by atoms with Crippen molar-refractivity contribution in [2.45, 2.75) is 62.0 Å². The summed E-state index contributed by atoms with van der Waals surface area (Å²) >= 11 is 6.28. The lowest BCUT2D eigenvalue weighted by atomic mass is 9.78. The van der Waals surface area contributed by atoms with E-state index in [4.69, 9.17) is 16.3 Å². The highest BCUT2D eigenvalue weighted by Gasteiger charge is 2.50. The van der Waals surface area contributed by atoms with Crippen molar-refractivity contribution in [1.29, 1.82) is 0 Å². The number of ether oxygens (including phenoxy) is 1. The minimum Gasteiger partial charge on any atom is -0.371 e. The third kappa shape index (κ3) is 3.33. The van der Waals surface area contributed by atoms with Gasteiger partial charge in [0.2, 0.25) is 10.0 Å². The second-order valence-electron chi connectivity index (χ2n) is 8.09. The summed E-state index contributed by atoms with van der Waals surface area (Å²) in [4.78, 5) is 2.66. The van der Waals surface area contributed by atoms with Crippen LogP contribution in [0.15, 0.2) is 4.90 Å². The summed E-state index contributed by atoms with van der Waals surface area (Å²) in [5.74, 6) is 0. The molecule has 9 heteroatoms. The molecule has 0 unspecified atom stereocenters. The molecule has 2 saturated heterocycles. The van der Waals surface area contributed by atoms with Crippen molar-refractivity contribution in [3.63, 3.8) is 0 Å². The average molecular weight is 417 g/mol. The molecule has 0 bridgehead atoms. The Labute approximate surface area is 166 Å². The highest BCUT2D eigenvalue weighted by atomic mass is 35.5. The number of aromatic nitrogens is 2. The molecule has 2 aliphatic heterocycles. The van der Waals surface area contributed by atoms with Crippen LogP contribution in [0.4, 0.5) is 0 Å². The van der Waals surface area contributed by atoms with Gasteiger partial charge in [0.1, 0.15) is 10.0 Å². The number of halogens is 1. The van der Waals surface area contributed by atoms with E-state index in [1.807, 2.05) is 0 Å². The first-order chi connectivity index (χ1) is 12.8. The Balaban J connectivity index is 1.65. The van der Waals surface area contributed by atoms with Crippen molar-refractivity contribution >= 4 is 21.6 Å². The first-order valence-corrected chi connectivity index (χ1v) is 11.7. The summed E-state index contributed by atoms with van der Waals surface area (Å²) in [6, 6.07) is 0.303. The van der Waals surface area contributed by atoms with Crippen molar-refractivity contribution in [3.05, 3.63) is 10.8 Å². The number of hydrogen-bond acceptors (Lipinski definition) is 5. The number of hydrogen-bond donors (Lipinski definition) is 0. The summed E-state index contributed by atoms with van der Waals surface area (Å²) in [5, 5.41) is 4.37. The highest BCUT2D eigenvalue weighted by Crippen LogP contribution is 2.40. The Bertz CT molecular complexity index is 802. The molecule has 1 aromatic heterocycles. The summed E-state index contributed by atoms with van der Waals surface area (Å²) in [5.41, 5.74) is 0.0408. The van der Waals surface area contributed by atoms with Crippen LogP contribution < -0.4 is 0 Å². The van der Waals surface area contributed by atoms with Gasteiger partial charge in [0.25, 0.3) is 0 Å². The van der Waals surface area contributed by atoms with Crippen LogP contribution in [0.5, 0.6) is 0 Å². The lowest BCUT2D eigenvalue weighted by Crippen LogP contribution is -2.64. The molecule has 1 saturated carbocycles. The Kier molecular flexibility index (Phi) is 5.31. The van der Waals surface area contributed by atoms with Gasteiger partial charge in [-0.2, -0.15) is 9.40 Å². The molecule has 0 N–H and O–H groups in total. The minimum atomic E-state index is -3.71. The van der Waals surface area contributed by atoms with Gasteiger partial charge in [-0.15, -0.1) is 0 Å². The van der Waals surface area contributed by atoms with Crippen LogP contribution in [0, 0.1) is 6.92 Å². The van der Waals surface area contributed by atoms with E-state index in [-0.39, 0.29) is 10.0 Å². The third-order valence-corrected chi connectivity index (χ3v) is 8.93. The standard InChI is InChI=1S/C18H29ClN4O3S/c1-14-16(17(19)21(2)20-14)27(24,25)23-11-12-26-18(13-23)8-4-3-7-15(18)22-9-5-6-10-22/h15H,3-13H2,1-2H3/t15-,18-/m0/s1. The van der Waals surface area contributed by atoms with Crippen LogP contribution >= 0.6 is 11.6 Å². The normalized spacial score (nSPS) is 31.0. The molecule has 3 fully saturated rings. The van der Waals surface area contributed by atoms with E-state index < -0.39 is 15.6 Å². The molecule has 3 heterocycles. The molecule has 1 spiro atoms. The van der Waals surface area contributed by atoms with Gasteiger partial charge in [-0.25, -0.2) is 8.42 Å². The van der Waals surface area contributed by atoms with Gasteiger partial charge in [-0.3, -0.25) is 9.58 Å². The first kappa shape index (κ1) is 19.6. The quantitative estimate of drug-likeness (QED) is 0.755. The topological polar surface area (TPSA) is 67.7 Å². The van der Waals surface area contributed by atoms with Gasteiger partial charge in [-0.1, -0.05) is 24.4 Å². The van der Waals surface area contributed by atoms with E-state index in [1.54, 1.807) is 18.3 Å². The van der Waals surface area contributed by atoms with Crippen molar-refractivity contribution in [1.82, 2.24) is 19.0 Å². The number of likely N-dealkylation sites (tertiary alicyclic amines) is 1. The van der Waals surface area contributed by atoms with E-state index in [1.165, 1.54) is 23.9 Å². The number of sulfonamides is 1. The second-order valence-corrected chi connectivity index (χ2v) is 10.3. The molecule has 1 aliphatic carbocycles. The maximum atomic E-state index is 13.4. The molecule has 0 aromatic carbocycles. The SMILES string of the molecule is Cc1nn(C)c(Cl)c1S(=O)(=O)N1CCO[C@@]2(CCCC[C@@H]2N2CCCC2)C1. The van der Waals surface area contributed by atoms with Crippen LogP contribution in [-0.2, 0) is 21.8 Å². The van der Waals surface area contributed by atoms with Gasteiger partial charge in [0.05, 0.1) is 17.9 Å². The molecule has 4 rings (SSSR count). The fourth-order valence-electron chi connectivity index (χ4n) is 5.12.